The van der Waals surface area contributed by atoms with E-state index in [0.717, 1.165) is 48.3 Å². The molecule has 0 radical (unpaired) electrons. The Kier molecular flexibility index (Phi) is 7.67. The third-order valence-electron chi connectivity index (χ3n) is 6.13. The summed E-state index contributed by atoms with van der Waals surface area (Å²) in [5, 5.41) is 2.98. The number of carbonyl (C=O) groups is 2. The number of nitrogens with zero attached hydrogens (tertiary/aromatic N) is 5. The zero-order valence-corrected chi connectivity index (χ0v) is 20.1. The van der Waals surface area contributed by atoms with Gasteiger partial charge in [-0.1, -0.05) is 24.6 Å². The zero-order valence-electron chi connectivity index (χ0n) is 20.1. The normalized spacial score (nSPS) is 16.0. The molecule has 9 heteroatoms. The van der Waals surface area contributed by atoms with Crippen molar-refractivity contribution in [1.82, 2.24) is 25.2 Å². The number of piperidine rings is 1. The number of primary amides is 1. The molecular formula is C26H31N7O2. The molecule has 1 saturated heterocycles. The summed E-state index contributed by atoms with van der Waals surface area (Å²) in [6, 6.07) is 12.8. The highest BCUT2D eigenvalue weighted by Gasteiger charge is 2.30. The number of amides is 2. The molecule has 182 valence electrons. The van der Waals surface area contributed by atoms with E-state index in [9.17, 15) is 9.59 Å². The van der Waals surface area contributed by atoms with Crippen LogP contribution in [0.15, 0.2) is 54.9 Å². The number of nitrogens with two attached hydrogens (primary N) is 1. The SMILES string of the molecule is CN(C)c1ncc(-c2cccc(C(N)=O)c2)c([C@H]2CCCCN2CC(=O)NCc2ccccn2)n1. The molecule has 0 bridgehead atoms. The summed E-state index contributed by atoms with van der Waals surface area (Å²) >= 11 is 0. The van der Waals surface area contributed by atoms with E-state index in [0.29, 0.717) is 18.1 Å². The summed E-state index contributed by atoms with van der Waals surface area (Å²) in [6.45, 7) is 1.45. The summed E-state index contributed by atoms with van der Waals surface area (Å²) in [4.78, 5) is 42.4. The number of hydrogen-bond donors (Lipinski definition) is 2. The minimum atomic E-state index is -0.483. The van der Waals surface area contributed by atoms with Crippen LogP contribution in [0.2, 0.25) is 0 Å². The van der Waals surface area contributed by atoms with E-state index in [1.807, 2.05) is 49.3 Å². The topological polar surface area (TPSA) is 117 Å². The van der Waals surface area contributed by atoms with E-state index < -0.39 is 5.91 Å². The number of benzene rings is 1. The first-order valence-corrected chi connectivity index (χ1v) is 11.8. The predicted octanol–water partition coefficient (Wildman–Crippen LogP) is 2.55. The first kappa shape index (κ1) is 24.3. The first-order chi connectivity index (χ1) is 16.9. The summed E-state index contributed by atoms with van der Waals surface area (Å²) in [7, 11) is 3.80. The van der Waals surface area contributed by atoms with Gasteiger partial charge in [-0.15, -0.1) is 0 Å². The Morgan fingerprint density at radius 1 is 1.14 bits per heavy atom. The molecule has 0 aliphatic carbocycles. The first-order valence-electron chi connectivity index (χ1n) is 11.8. The highest BCUT2D eigenvalue weighted by atomic mass is 16.2. The smallest absolute Gasteiger partial charge is 0.248 e. The second-order valence-corrected chi connectivity index (χ2v) is 8.89. The predicted molar refractivity (Wildman–Crippen MR) is 135 cm³/mol. The Morgan fingerprint density at radius 3 is 2.74 bits per heavy atom. The molecule has 1 fully saturated rings. The number of pyridine rings is 1. The molecular weight excluding hydrogens is 442 g/mol. The van der Waals surface area contributed by atoms with Gasteiger partial charge in [-0.05, 0) is 49.2 Å². The number of nitrogens with one attached hydrogen (secondary N) is 1. The fourth-order valence-electron chi connectivity index (χ4n) is 4.34. The van der Waals surface area contributed by atoms with Crippen LogP contribution in [0.5, 0.6) is 0 Å². The van der Waals surface area contributed by atoms with Crippen LogP contribution in [-0.2, 0) is 11.3 Å². The lowest BCUT2D eigenvalue weighted by Crippen LogP contribution is -2.42. The number of anilines is 1. The van der Waals surface area contributed by atoms with E-state index in [-0.39, 0.29) is 18.5 Å². The van der Waals surface area contributed by atoms with Gasteiger partial charge in [0, 0.05) is 37.6 Å². The van der Waals surface area contributed by atoms with Crippen LogP contribution in [0.1, 0.15) is 47.1 Å². The molecule has 1 aliphatic rings. The Hall–Kier alpha value is -3.85. The third kappa shape index (κ3) is 5.99. The molecule has 2 aromatic heterocycles. The van der Waals surface area contributed by atoms with E-state index in [4.69, 9.17) is 10.7 Å². The second-order valence-electron chi connectivity index (χ2n) is 8.89. The van der Waals surface area contributed by atoms with Gasteiger partial charge in [0.15, 0.2) is 0 Å². The zero-order chi connectivity index (χ0) is 24.8. The van der Waals surface area contributed by atoms with Crippen molar-refractivity contribution >= 4 is 17.8 Å². The van der Waals surface area contributed by atoms with Crippen LogP contribution >= 0.6 is 0 Å². The van der Waals surface area contributed by atoms with Crippen LogP contribution in [0.3, 0.4) is 0 Å². The summed E-state index contributed by atoms with van der Waals surface area (Å²) in [6.07, 6.45) is 6.45. The van der Waals surface area contributed by atoms with Crippen molar-refractivity contribution in [2.75, 3.05) is 32.1 Å². The number of hydrogen-bond acceptors (Lipinski definition) is 7. The molecule has 0 spiro atoms. The minimum Gasteiger partial charge on any atom is -0.366 e. The van der Waals surface area contributed by atoms with Gasteiger partial charge in [0.1, 0.15) is 0 Å². The maximum absolute atomic E-state index is 12.8. The Morgan fingerprint density at radius 2 is 2.00 bits per heavy atom. The highest BCUT2D eigenvalue weighted by molar-refractivity contribution is 5.94. The molecule has 1 aromatic carbocycles. The molecule has 1 aliphatic heterocycles. The average Bonchev–Trinajstić information content (AvgIpc) is 2.88. The van der Waals surface area contributed by atoms with Crippen molar-refractivity contribution < 1.29 is 9.59 Å². The van der Waals surface area contributed by atoms with Gasteiger partial charge >= 0.3 is 0 Å². The number of aromatic nitrogens is 3. The number of carbonyl (C=O) groups excluding carboxylic acids is 2. The third-order valence-corrected chi connectivity index (χ3v) is 6.13. The second kappa shape index (κ2) is 11.1. The molecule has 3 aromatic rings. The molecule has 0 saturated carbocycles. The van der Waals surface area contributed by atoms with Gasteiger partial charge in [-0.2, -0.15) is 0 Å². The molecule has 1 atom stereocenters. The van der Waals surface area contributed by atoms with Crippen LogP contribution in [0, 0.1) is 0 Å². The van der Waals surface area contributed by atoms with E-state index in [1.165, 1.54) is 0 Å². The molecule has 3 heterocycles. The molecule has 9 nitrogen and oxygen atoms in total. The van der Waals surface area contributed by atoms with Crippen LogP contribution in [0.4, 0.5) is 5.95 Å². The van der Waals surface area contributed by atoms with E-state index >= 15 is 0 Å². The standard InChI is InChI=1S/C26H31N7O2/c1-32(2)26-30-16-21(18-8-7-9-19(14-18)25(27)35)24(31-26)22-11-4-6-13-33(22)17-23(34)29-15-20-10-3-5-12-28-20/h3,5,7-10,12,14,16,22H,4,6,11,13,15,17H2,1-2H3,(H2,27,35)(H,29,34)/t22-/m1/s1. The van der Waals surface area contributed by atoms with Crippen molar-refractivity contribution in [3.05, 3.63) is 71.8 Å². The van der Waals surface area contributed by atoms with Gasteiger partial charge in [0.25, 0.3) is 0 Å². The Bertz CT molecular complexity index is 1180. The minimum absolute atomic E-state index is 0.0540. The largest absolute Gasteiger partial charge is 0.366 e. The molecule has 3 N–H and O–H groups in total. The van der Waals surface area contributed by atoms with Crippen LogP contribution < -0.4 is 16.0 Å². The van der Waals surface area contributed by atoms with Gasteiger partial charge in [0.2, 0.25) is 17.8 Å². The van der Waals surface area contributed by atoms with Gasteiger partial charge in [0.05, 0.1) is 30.5 Å². The molecule has 0 unspecified atom stereocenters. The van der Waals surface area contributed by atoms with Crippen molar-refractivity contribution in [2.24, 2.45) is 5.73 Å². The van der Waals surface area contributed by atoms with Crippen LogP contribution in [-0.4, -0.2) is 58.9 Å². The quantitative estimate of drug-likeness (QED) is 0.516. The molecule has 2 amide bonds. The average molecular weight is 474 g/mol. The van der Waals surface area contributed by atoms with Crippen molar-refractivity contribution in [3.63, 3.8) is 0 Å². The summed E-state index contributed by atoms with van der Waals surface area (Å²) < 4.78 is 0. The fraction of sp³-hybridized carbons (Fsp3) is 0.346. The summed E-state index contributed by atoms with van der Waals surface area (Å²) in [5.41, 5.74) is 9.28. The fourth-order valence-corrected chi connectivity index (χ4v) is 4.34. The number of rotatable bonds is 8. The van der Waals surface area contributed by atoms with Crippen molar-refractivity contribution in [1.29, 1.82) is 0 Å². The van der Waals surface area contributed by atoms with Gasteiger partial charge in [-0.3, -0.25) is 19.5 Å². The lowest BCUT2D eigenvalue weighted by atomic mass is 9.93. The maximum Gasteiger partial charge on any atom is 0.248 e. The summed E-state index contributed by atoms with van der Waals surface area (Å²) in [5.74, 6) is 0.0600. The Balaban J connectivity index is 1.62. The lowest BCUT2D eigenvalue weighted by Gasteiger charge is -2.36. The lowest BCUT2D eigenvalue weighted by molar-refractivity contribution is -0.123. The van der Waals surface area contributed by atoms with Gasteiger partial charge in [-0.25, -0.2) is 9.97 Å². The maximum atomic E-state index is 12.8. The molecule has 35 heavy (non-hydrogen) atoms. The molecule has 4 rings (SSSR count). The highest BCUT2D eigenvalue weighted by Crippen LogP contribution is 2.36. The van der Waals surface area contributed by atoms with Crippen LogP contribution in [0.25, 0.3) is 11.1 Å². The van der Waals surface area contributed by atoms with Crippen molar-refractivity contribution in [3.8, 4) is 11.1 Å². The van der Waals surface area contributed by atoms with Gasteiger partial charge < -0.3 is 16.0 Å². The van der Waals surface area contributed by atoms with E-state index in [2.05, 4.69) is 20.2 Å². The van der Waals surface area contributed by atoms with Crippen molar-refractivity contribution in [2.45, 2.75) is 31.8 Å². The van der Waals surface area contributed by atoms with E-state index in [1.54, 1.807) is 24.5 Å². The number of likely N-dealkylation sites (tertiary alicyclic amines) is 1. The monoisotopic (exact) mass is 473 g/mol. The Labute approximate surface area is 205 Å².